The standard InChI is InChI=1S/C21H16ClN3O2S/c22-19-9-5-4-8-18(19)20(26)27-17-12-10-15(11-13-17)14-23-25-21(28)24-16-6-2-1-3-7-16/h1-14H,(H2,24,25,28). The van der Waals surface area contributed by atoms with Gasteiger partial charge in [-0.2, -0.15) is 5.10 Å². The van der Waals surface area contributed by atoms with Gasteiger partial charge in [-0.25, -0.2) is 4.79 Å². The molecule has 2 N–H and O–H groups in total. The fourth-order valence-corrected chi connectivity index (χ4v) is 2.64. The zero-order chi connectivity index (χ0) is 19.8. The molecule has 0 saturated heterocycles. The molecule has 0 spiro atoms. The van der Waals surface area contributed by atoms with E-state index in [1.807, 2.05) is 30.3 Å². The Labute approximate surface area is 173 Å². The van der Waals surface area contributed by atoms with Gasteiger partial charge in [-0.1, -0.05) is 41.9 Å². The molecular formula is C21H16ClN3O2S. The number of carbonyl (C=O) groups excluding carboxylic acids is 1. The number of thiocarbonyl (C=S) groups is 1. The number of carbonyl (C=O) groups is 1. The van der Waals surface area contributed by atoms with Crippen LogP contribution in [-0.2, 0) is 0 Å². The molecule has 0 fully saturated rings. The molecule has 3 rings (SSSR count). The van der Waals surface area contributed by atoms with Crippen molar-refractivity contribution in [1.82, 2.24) is 5.43 Å². The second kappa shape index (κ2) is 9.64. The molecule has 5 nitrogen and oxygen atoms in total. The number of anilines is 1. The lowest BCUT2D eigenvalue weighted by Gasteiger charge is -2.07. The zero-order valence-electron chi connectivity index (χ0n) is 14.6. The Hall–Kier alpha value is -3.22. The van der Waals surface area contributed by atoms with Gasteiger partial charge in [0, 0.05) is 5.69 Å². The minimum Gasteiger partial charge on any atom is -0.423 e. The fraction of sp³-hybridized carbons (Fsp3) is 0. The van der Waals surface area contributed by atoms with Gasteiger partial charge in [-0.3, -0.25) is 5.43 Å². The van der Waals surface area contributed by atoms with Gasteiger partial charge < -0.3 is 10.1 Å². The molecule has 140 valence electrons. The van der Waals surface area contributed by atoms with Crippen LogP contribution in [0.5, 0.6) is 5.75 Å². The van der Waals surface area contributed by atoms with Crippen molar-refractivity contribution in [2.75, 3.05) is 5.32 Å². The number of rotatable bonds is 5. The maximum Gasteiger partial charge on any atom is 0.345 e. The average Bonchev–Trinajstić information content (AvgIpc) is 2.70. The van der Waals surface area contributed by atoms with Crippen LogP contribution in [0.2, 0.25) is 5.02 Å². The van der Waals surface area contributed by atoms with Crippen LogP contribution in [0.15, 0.2) is 84.0 Å². The van der Waals surface area contributed by atoms with Crippen molar-refractivity contribution in [2.45, 2.75) is 0 Å². The Bertz CT molecular complexity index is 992. The van der Waals surface area contributed by atoms with Gasteiger partial charge in [0.1, 0.15) is 5.75 Å². The number of ether oxygens (including phenoxy) is 1. The second-order valence-electron chi connectivity index (χ2n) is 5.63. The predicted molar refractivity (Wildman–Crippen MR) is 116 cm³/mol. The van der Waals surface area contributed by atoms with Crippen molar-refractivity contribution in [3.63, 3.8) is 0 Å². The van der Waals surface area contributed by atoms with Crippen LogP contribution < -0.4 is 15.5 Å². The Morgan fingerprint density at radius 1 is 0.964 bits per heavy atom. The summed E-state index contributed by atoms with van der Waals surface area (Å²) in [6.45, 7) is 0. The first-order chi connectivity index (χ1) is 13.6. The monoisotopic (exact) mass is 409 g/mol. The summed E-state index contributed by atoms with van der Waals surface area (Å²) in [5.74, 6) is -0.0951. The Balaban J connectivity index is 1.52. The lowest BCUT2D eigenvalue weighted by Crippen LogP contribution is -2.23. The van der Waals surface area contributed by atoms with Gasteiger partial charge in [0.05, 0.1) is 16.8 Å². The number of hydrazone groups is 1. The normalized spacial score (nSPS) is 10.5. The van der Waals surface area contributed by atoms with E-state index in [0.29, 0.717) is 21.4 Å². The highest BCUT2D eigenvalue weighted by Crippen LogP contribution is 2.18. The van der Waals surface area contributed by atoms with E-state index in [-0.39, 0.29) is 0 Å². The summed E-state index contributed by atoms with van der Waals surface area (Å²) in [5.41, 5.74) is 4.75. The van der Waals surface area contributed by atoms with Gasteiger partial charge in [0.25, 0.3) is 0 Å². The number of hydrogen-bond donors (Lipinski definition) is 2. The SMILES string of the molecule is O=C(Oc1ccc(C=NNC(=S)Nc2ccccc2)cc1)c1ccccc1Cl. The number of nitrogens with one attached hydrogen (secondary N) is 2. The average molecular weight is 410 g/mol. The van der Waals surface area contributed by atoms with Crippen LogP contribution in [-0.4, -0.2) is 17.3 Å². The topological polar surface area (TPSA) is 62.7 Å². The van der Waals surface area contributed by atoms with Crippen molar-refractivity contribution in [2.24, 2.45) is 5.10 Å². The number of esters is 1. The third kappa shape index (κ3) is 5.64. The molecule has 0 amide bonds. The number of hydrogen-bond acceptors (Lipinski definition) is 4. The van der Waals surface area contributed by atoms with Crippen molar-refractivity contribution in [3.05, 3.63) is 95.0 Å². The number of benzene rings is 3. The molecule has 3 aromatic carbocycles. The molecule has 0 radical (unpaired) electrons. The van der Waals surface area contributed by atoms with Gasteiger partial charge in [-0.05, 0) is 66.3 Å². The van der Waals surface area contributed by atoms with E-state index in [1.54, 1.807) is 54.7 Å². The molecule has 0 aliphatic carbocycles. The Kier molecular flexibility index (Phi) is 6.73. The summed E-state index contributed by atoms with van der Waals surface area (Å²) in [7, 11) is 0. The highest BCUT2D eigenvalue weighted by atomic mass is 35.5. The maximum absolute atomic E-state index is 12.2. The quantitative estimate of drug-likeness (QED) is 0.207. The molecule has 0 aromatic heterocycles. The Morgan fingerprint density at radius 2 is 1.64 bits per heavy atom. The molecule has 28 heavy (non-hydrogen) atoms. The molecule has 0 aliphatic rings. The van der Waals surface area contributed by atoms with E-state index in [9.17, 15) is 4.79 Å². The van der Waals surface area contributed by atoms with Gasteiger partial charge in [0.2, 0.25) is 0 Å². The molecule has 0 atom stereocenters. The van der Waals surface area contributed by atoms with E-state index in [1.165, 1.54) is 0 Å². The van der Waals surface area contributed by atoms with Crippen molar-refractivity contribution >= 4 is 46.8 Å². The number of para-hydroxylation sites is 1. The molecule has 0 saturated carbocycles. The summed E-state index contributed by atoms with van der Waals surface area (Å²) < 4.78 is 5.33. The summed E-state index contributed by atoms with van der Waals surface area (Å²) in [6, 6.07) is 23.2. The lowest BCUT2D eigenvalue weighted by atomic mass is 10.2. The summed E-state index contributed by atoms with van der Waals surface area (Å²) in [4.78, 5) is 12.2. The minimum absolute atomic E-state index is 0.318. The number of halogens is 1. The molecule has 7 heteroatoms. The van der Waals surface area contributed by atoms with E-state index in [4.69, 9.17) is 28.6 Å². The minimum atomic E-state index is -0.508. The third-order valence-corrected chi connectivity index (χ3v) is 4.12. The van der Waals surface area contributed by atoms with Gasteiger partial charge >= 0.3 is 5.97 Å². The van der Waals surface area contributed by atoms with Crippen LogP contribution in [0, 0.1) is 0 Å². The second-order valence-corrected chi connectivity index (χ2v) is 6.44. The first-order valence-electron chi connectivity index (χ1n) is 8.34. The first kappa shape index (κ1) is 19.5. The lowest BCUT2D eigenvalue weighted by molar-refractivity contribution is 0.0735. The van der Waals surface area contributed by atoms with Crippen LogP contribution in [0.4, 0.5) is 5.69 Å². The number of nitrogens with zero attached hydrogens (tertiary/aromatic N) is 1. The molecule has 3 aromatic rings. The van der Waals surface area contributed by atoms with Crippen LogP contribution in [0.25, 0.3) is 0 Å². The molecule has 0 aliphatic heterocycles. The van der Waals surface area contributed by atoms with Crippen LogP contribution in [0.1, 0.15) is 15.9 Å². The highest BCUT2D eigenvalue weighted by Gasteiger charge is 2.11. The van der Waals surface area contributed by atoms with Gasteiger partial charge in [0.15, 0.2) is 5.11 Å². The van der Waals surface area contributed by atoms with Gasteiger partial charge in [-0.15, -0.1) is 0 Å². The summed E-state index contributed by atoms with van der Waals surface area (Å²) >= 11 is 11.2. The molecule has 0 heterocycles. The smallest absolute Gasteiger partial charge is 0.345 e. The van der Waals surface area contributed by atoms with Crippen molar-refractivity contribution in [1.29, 1.82) is 0 Å². The van der Waals surface area contributed by atoms with Crippen LogP contribution in [0.3, 0.4) is 0 Å². The van der Waals surface area contributed by atoms with E-state index in [0.717, 1.165) is 11.3 Å². The van der Waals surface area contributed by atoms with Crippen molar-refractivity contribution in [3.8, 4) is 5.75 Å². The highest BCUT2D eigenvalue weighted by molar-refractivity contribution is 7.80. The molecular weight excluding hydrogens is 394 g/mol. The van der Waals surface area contributed by atoms with Crippen LogP contribution >= 0.6 is 23.8 Å². The van der Waals surface area contributed by atoms with E-state index in [2.05, 4.69) is 15.8 Å². The predicted octanol–water partition coefficient (Wildman–Crippen LogP) is 4.88. The van der Waals surface area contributed by atoms with Crippen molar-refractivity contribution < 1.29 is 9.53 Å². The fourth-order valence-electron chi connectivity index (χ4n) is 2.26. The molecule has 0 unspecified atom stereocenters. The maximum atomic E-state index is 12.2. The first-order valence-corrected chi connectivity index (χ1v) is 9.12. The zero-order valence-corrected chi connectivity index (χ0v) is 16.2. The van der Waals surface area contributed by atoms with E-state index < -0.39 is 5.97 Å². The third-order valence-electron chi connectivity index (χ3n) is 3.60. The molecule has 0 bridgehead atoms. The summed E-state index contributed by atoms with van der Waals surface area (Å²) in [6.07, 6.45) is 1.61. The largest absolute Gasteiger partial charge is 0.423 e. The van der Waals surface area contributed by atoms with E-state index >= 15 is 0 Å². The summed E-state index contributed by atoms with van der Waals surface area (Å²) in [5, 5.41) is 7.83. The Morgan fingerprint density at radius 3 is 2.36 bits per heavy atom.